The summed E-state index contributed by atoms with van der Waals surface area (Å²) in [6.45, 7) is 4.43. The maximum absolute atomic E-state index is 12.8. The first-order valence-corrected chi connectivity index (χ1v) is 11.6. The second-order valence-electron chi connectivity index (χ2n) is 7.71. The third-order valence-corrected chi connectivity index (χ3v) is 6.65. The Bertz CT molecular complexity index is 998. The van der Waals surface area contributed by atoms with Gasteiger partial charge in [0.2, 0.25) is 5.91 Å². The van der Waals surface area contributed by atoms with E-state index in [9.17, 15) is 4.79 Å². The molecular formula is C24H28N4O2S. The number of hydrogen-bond donors (Lipinski definition) is 0. The van der Waals surface area contributed by atoms with E-state index in [1.54, 1.807) is 7.11 Å². The van der Waals surface area contributed by atoms with Gasteiger partial charge in [0.1, 0.15) is 5.75 Å². The van der Waals surface area contributed by atoms with Gasteiger partial charge in [-0.25, -0.2) is 0 Å². The van der Waals surface area contributed by atoms with Crippen molar-refractivity contribution < 1.29 is 9.53 Å². The van der Waals surface area contributed by atoms with E-state index in [-0.39, 0.29) is 11.2 Å². The number of rotatable bonds is 8. The van der Waals surface area contributed by atoms with Crippen LogP contribution in [0.4, 0.5) is 0 Å². The second-order valence-corrected chi connectivity index (χ2v) is 9.02. The Morgan fingerprint density at radius 3 is 2.45 bits per heavy atom. The molecule has 1 saturated heterocycles. The Labute approximate surface area is 187 Å². The van der Waals surface area contributed by atoms with Crippen LogP contribution in [-0.2, 0) is 17.8 Å². The molecule has 0 bridgehead atoms. The van der Waals surface area contributed by atoms with Crippen LogP contribution >= 0.6 is 11.8 Å². The molecule has 4 rings (SSSR count). The highest BCUT2D eigenvalue weighted by Crippen LogP contribution is 2.29. The molecule has 6 nitrogen and oxygen atoms in total. The lowest BCUT2D eigenvalue weighted by Crippen LogP contribution is -2.34. The standard InChI is InChI=1S/C24H28N4O2S/c1-18(23(29)27-15-6-7-16-27)31-24-26-25-22(20-10-12-21(30-2)13-11-20)28(24)17-14-19-8-4-3-5-9-19/h3-5,8-13,18H,6-7,14-17H2,1-2H3. The number of likely N-dealkylation sites (tertiary alicyclic amines) is 1. The minimum atomic E-state index is -0.193. The molecule has 3 aromatic rings. The number of carbonyl (C=O) groups is 1. The van der Waals surface area contributed by atoms with Gasteiger partial charge in [0.15, 0.2) is 11.0 Å². The summed E-state index contributed by atoms with van der Waals surface area (Å²) in [5, 5.41) is 9.55. The number of amides is 1. The average molecular weight is 437 g/mol. The quantitative estimate of drug-likeness (QED) is 0.493. The van der Waals surface area contributed by atoms with Crippen molar-refractivity contribution in [1.29, 1.82) is 0 Å². The van der Waals surface area contributed by atoms with E-state index in [1.165, 1.54) is 17.3 Å². The van der Waals surface area contributed by atoms with Crippen LogP contribution in [0.2, 0.25) is 0 Å². The van der Waals surface area contributed by atoms with Crippen molar-refractivity contribution in [2.45, 2.75) is 43.1 Å². The van der Waals surface area contributed by atoms with Crippen molar-refractivity contribution in [3.63, 3.8) is 0 Å². The predicted octanol–water partition coefficient (Wildman–Crippen LogP) is 4.30. The monoisotopic (exact) mass is 436 g/mol. The van der Waals surface area contributed by atoms with E-state index < -0.39 is 0 Å². The number of methoxy groups -OCH3 is 1. The van der Waals surface area contributed by atoms with Crippen LogP contribution in [-0.4, -0.2) is 51.0 Å². The molecular weight excluding hydrogens is 408 g/mol. The van der Waals surface area contributed by atoms with Crippen molar-refractivity contribution >= 4 is 17.7 Å². The van der Waals surface area contributed by atoms with Crippen molar-refractivity contribution in [3.8, 4) is 17.1 Å². The Balaban J connectivity index is 1.58. The van der Waals surface area contributed by atoms with E-state index >= 15 is 0 Å². The summed E-state index contributed by atoms with van der Waals surface area (Å²) in [5.41, 5.74) is 2.24. The summed E-state index contributed by atoms with van der Waals surface area (Å²) in [6.07, 6.45) is 3.06. The zero-order chi connectivity index (χ0) is 21.6. The van der Waals surface area contributed by atoms with E-state index in [0.29, 0.717) is 0 Å². The summed E-state index contributed by atoms with van der Waals surface area (Å²) in [4.78, 5) is 14.8. The molecule has 0 spiro atoms. The van der Waals surface area contributed by atoms with Crippen molar-refractivity contribution in [3.05, 3.63) is 60.2 Å². The zero-order valence-electron chi connectivity index (χ0n) is 18.0. The number of aryl methyl sites for hydroxylation is 1. The lowest BCUT2D eigenvalue weighted by molar-refractivity contribution is -0.129. The highest BCUT2D eigenvalue weighted by Gasteiger charge is 2.26. The fraction of sp³-hybridized carbons (Fsp3) is 0.375. The molecule has 0 aliphatic carbocycles. The number of benzene rings is 2. The zero-order valence-corrected chi connectivity index (χ0v) is 18.8. The van der Waals surface area contributed by atoms with Crippen LogP contribution in [0.5, 0.6) is 5.75 Å². The third kappa shape index (κ3) is 5.10. The first kappa shape index (κ1) is 21.4. The van der Waals surface area contributed by atoms with E-state index in [1.807, 2.05) is 42.2 Å². The SMILES string of the molecule is COc1ccc(-c2nnc(SC(C)C(=O)N3CCCC3)n2CCc2ccccc2)cc1. The summed E-state index contributed by atoms with van der Waals surface area (Å²) >= 11 is 1.50. The van der Waals surface area contributed by atoms with Gasteiger partial charge in [-0.2, -0.15) is 0 Å². The summed E-state index contributed by atoms with van der Waals surface area (Å²) in [7, 11) is 1.66. The van der Waals surface area contributed by atoms with E-state index in [2.05, 4.69) is 39.0 Å². The molecule has 1 unspecified atom stereocenters. The Morgan fingerprint density at radius 2 is 1.77 bits per heavy atom. The van der Waals surface area contributed by atoms with Gasteiger partial charge in [0.25, 0.3) is 0 Å². The molecule has 1 aromatic heterocycles. The molecule has 7 heteroatoms. The molecule has 1 fully saturated rings. The summed E-state index contributed by atoms with van der Waals surface area (Å²) in [6, 6.07) is 18.2. The molecule has 0 saturated carbocycles. The lowest BCUT2D eigenvalue weighted by atomic mass is 10.1. The first-order valence-electron chi connectivity index (χ1n) is 10.7. The van der Waals surface area contributed by atoms with Crippen LogP contribution in [0.1, 0.15) is 25.3 Å². The largest absolute Gasteiger partial charge is 0.497 e. The highest BCUT2D eigenvalue weighted by molar-refractivity contribution is 8.00. The van der Waals surface area contributed by atoms with Gasteiger partial charge in [-0.3, -0.25) is 4.79 Å². The number of ether oxygens (including phenoxy) is 1. The fourth-order valence-corrected chi connectivity index (χ4v) is 4.78. The normalized spacial score (nSPS) is 14.6. The number of thioether (sulfide) groups is 1. The molecule has 1 atom stereocenters. The minimum Gasteiger partial charge on any atom is -0.497 e. The number of hydrogen-bond acceptors (Lipinski definition) is 5. The smallest absolute Gasteiger partial charge is 0.235 e. The number of nitrogens with zero attached hydrogens (tertiary/aromatic N) is 4. The molecule has 0 radical (unpaired) electrons. The molecule has 0 N–H and O–H groups in total. The van der Waals surface area contributed by atoms with Gasteiger partial charge >= 0.3 is 0 Å². The lowest BCUT2D eigenvalue weighted by Gasteiger charge is -2.20. The van der Waals surface area contributed by atoms with Crippen molar-refractivity contribution in [2.24, 2.45) is 0 Å². The molecule has 2 heterocycles. The summed E-state index contributed by atoms with van der Waals surface area (Å²) in [5.74, 6) is 1.80. The predicted molar refractivity (Wildman–Crippen MR) is 123 cm³/mol. The highest BCUT2D eigenvalue weighted by atomic mass is 32.2. The van der Waals surface area contributed by atoms with Crippen molar-refractivity contribution in [1.82, 2.24) is 19.7 Å². The molecule has 1 amide bonds. The molecule has 31 heavy (non-hydrogen) atoms. The van der Waals surface area contributed by atoms with E-state index in [0.717, 1.165) is 61.2 Å². The van der Waals surface area contributed by atoms with Gasteiger partial charge in [-0.15, -0.1) is 10.2 Å². The van der Waals surface area contributed by atoms with Crippen LogP contribution in [0.25, 0.3) is 11.4 Å². The first-order chi connectivity index (χ1) is 15.2. The number of carbonyl (C=O) groups excluding carboxylic acids is 1. The Kier molecular flexibility index (Phi) is 6.92. The van der Waals surface area contributed by atoms with Gasteiger partial charge in [0.05, 0.1) is 12.4 Å². The molecule has 2 aromatic carbocycles. The van der Waals surface area contributed by atoms with E-state index in [4.69, 9.17) is 4.74 Å². The average Bonchev–Trinajstić information content (AvgIpc) is 3.48. The molecule has 1 aliphatic heterocycles. The Morgan fingerprint density at radius 1 is 1.06 bits per heavy atom. The van der Waals surface area contributed by atoms with Crippen LogP contribution in [0, 0.1) is 0 Å². The van der Waals surface area contributed by atoms with Gasteiger partial charge in [-0.05, 0) is 56.0 Å². The molecule has 162 valence electrons. The van der Waals surface area contributed by atoms with Crippen molar-refractivity contribution in [2.75, 3.05) is 20.2 Å². The van der Waals surface area contributed by atoms with Gasteiger partial charge in [0, 0.05) is 25.2 Å². The van der Waals surface area contributed by atoms with Crippen LogP contribution in [0.3, 0.4) is 0 Å². The fourth-order valence-electron chi connectivity index (χ4n) is 3.82. The topological polar surface area (TPSA) is 60.3 Å². The third-order valence-electron chi connectivity index (χ3n) is 5.58. The second kappa shape index (κ2) is 10.0. The van der Waals surface area contributed by atoms with Gasteiger partial charge in [-0.1, -0.05) is 42.1 Å². The summed E-state index contributed by atoms with van der Waals surface area (Å²) < 4.78 is 7.42. The maximum atomic E-state index is 12.8. The van der Waals surface area contributed by atoms with Gasteiger partial charge < -0.3 is 14.2 Å². The number of aromatic nitrogens is 3. The minimum absolute atomic E-state index is 0.186. The van der Waals surface area contributed by atoms with Crippen LogP contribution in [0.15, 0.2) is 59.8 Å². The van der Waals surface area contributed by atoms with Crippen LogP contribution < -0.4 is 4.74 Å². The Hall–Kier alpha value is -2.80. The maximum Gasteiger partial charge on any atom is 0.235 e. The molecule has 1 aliphatic rings.